The number of hydrogen-bond donors (Lipinski definition) is 0. The number of hydrogen-bond acceptors (Lipinski definition) is 3. The van der Waals surface area contributed by atoms with E-state index in [2.05, 4.69) is 114 Å². The summed E-state index contributed by atoms with van der Waals surface area (Å²) in [5.41, 5.74) is 8.59. The molecule has 0 bridgehead atoms. The van der Waals surface area contributed by atoms with E-state index in [1.165, 1.54) is 43.4 Å². The number of benzene rings is 4. The fourth-order valence-electron chi connectivity index (χ4n) is 6.11. The highest BCUT2D eigenvalue weighted by Gasteiger charge is 2.32. The van der Waals surface area contributed by atoms with Gasteiger partial charge < -0.3 is 9.32 Å². The molecule has 2 aliphatic carbocycles. The van der Waals surface area contributed by atoms with Crippen LogP contribution >= 0.6 is 11.8 Å². The minimum atomic E-state index is 0.499. The molecule has 178 valence electrons. The summed E-state index contributed by atoms with van der Waals surface area (Å²) in [6, 6.07) is 28.7. The van der Waals surface area contributed by atoms with Crippen molar-refractivity contribution in [2.45, 2.75) is 29.4 Å². The minimum absolute atomic E-state index is 0.499. The van der Waals surface area contributed by atoms with Gasteiger partial charge in [0, 0.05) is 44.5 Å². The average Bonchev–Trinajstić information content (AvgIpc) is 3.53. The number of anilines is 3. The number of rotatable bonds is 3. The van der Waals surface area contributed by atoms with Gasteiger partial charge in [-0.3, -0.25) is 0 Å². The van der Waals surface area contributed by atoms with Crippen LogP contribution in [-0.2, 0) is 6.42 Å². The molecule has 0 amide bonds. The van der Waals surface area contributed by atoms with Crippen LogP contribution in [0.15, 0.2) is 112 Å². The summed E-state index contributed by atoms with van der Waals surface area (Å²) in [4.78, 5) is 3.80. The van der Waals surface area contributed by atoms with Crippen LogP contribution < -0.4 is 4.90 Å². The van der Waals surface area contributed by atoms with Crippen molar-refractivity contribution in [3.8, 4) is 0 Å². The van der Waals surface area contributed by atoms with Gasteiger partial charge in [0.25, 0.3) is 0 Å². The summed E-state index contributed by atoms with van der Waals surface area (Å²) in [7, 11) is 0. The minimum Gasteiger partial charge on any atom is -0.460 e. The second-order valence-electron chi connectivity index (χ2n) is 9.94. The molecule has 0 N–H and O–H groups in total. The van der Waals surface area contributed by atoms with E-state index in [0.717, 1.165) is 42.0 Å². The van der Waals surface area contributed by atoms with E-state index in [0.29, 0.717) is 5.25 Å². The first kappa shape index (κ1) is 21.2. The van der Waals surface area contributed by atoms with Crippen LogP contribution in [0.2, 0.25) is 0 Å². The third-order valence-electron chi connectivity index (χ3n) is 7.78. The Balaban J connectivity index is 1.39. The van der Waals surface area contributed by atoms with Crippen molar-refractivity contribution in [3.63, 3.8) is 0 Å². The molecule has 1 atom stereocenters. The Morgan fingerprint density at radius 1 is 0.865 bits per heavy atom. The SMILES string of the molecule is C1=CCC2Sc3cccc(N(c4ccccc4)c4ccc5ccc6oc7c(c6c5c4)C=CCC7)c3C2=C1. The van der Waals surface area contributed by atoms with Gasteiger partial charge in [0.15, 0.2) is 0 Å². The molecule has 4 aromatic carbocycles. The summed E-state index contributed by atoms with van der Waals surface area (Å²) in [5.74, 6) is 1.11. The normalized spacial score (nSPS) is 17.5. The van der Waals surface area contributed by atoms with E-state index in [1.54, 1.807) is 0 Å². The molecule has 3 heteroatoms. The van der Waals surface area contributed by atoms with Gasteiger partial charge in [-0.05, 0) is 71.7 Å². The molecule has 1 unspecified atom stereocenters. The smallest absolute Gasteiger partial charge is 0.135 e. The van der Waals surface area contributed by atoms with Gasteiger partial charge in [-0.2, -0.15) is 0 Å². The first-order valence-corrected chi connectivity index (χ1v) is 13.9. The second kappa shape index (κ2) is 8.29. The van der Waals surface area contributed by atoms with E-state index < -0.39 is 0 Å². The van der Waals surface area contributed by atoms with Crippen LogP contribution in [0.1, 0.15) is 29.7 Å². The van der Waals surface area contributed by atoms with Gasteiger partial charge in [-0.1, -0.05) is 66.8 Å². The zero-order chi connectivity index (χ0) is 24.3. The summed E-state index contributed by atoms with van der Waals surface area (Å²) in [6.45, 7) is 0. The fourth-order valence-corrected chi connectivity index (χ4v) is 7.44. The Hall–Kier alpha value is -3.95. The van der Waals surface area contributed by atoms with E-state index in [9.17, 15) is 0 Å². The lowest BCUT2D eigenvalue weighted by atomic mass is 9.94. The first-order chi connectivity index (χ1) is 18.3. The highest BCUT2D eigenvalue weighted by Crippen LogP contribution is 2.53. The van der Waals surface area contributed by atoms with Gasteiger partial charge in [-0.15, -0.1) is 11.8 Å². The standard InChI is InChI=1S/C34H25NOS/c1-2-9-23(10-3-1)35(28-13-8-16-32-34(28)26-12-5-7-15-31(26)37-32)24-19-17-22-18-20-30-33(27(22)21-24)25-11-4-6-14-29(25)36-30/h1-5,7-13,16-21,31H,6,14-15H2. The lowest BCUT2D eigenvalue weighted by molar-refractivity contribution is 0.546. The van der Waals surface area contributed by atoms with Gasteiger partial charge >= 0.3 is 0 Å². The maximum Gasteiger partial charge on any atom is 0.135 e. The molecule has 3 aliphatic rings. The molecule has 0 saturated carbocycles. The van der Waals surface area contributed by atoms with Crippen molar-refractivity contribution < 1.29 is 4.42 Å². The number of fused-ring (bicyclic) bond motifs is 8. The van der Waals surface area contributed by atoms with Gasteiger partial charge in [0.2, 0.25) is 0 Å². The maximum atomic E-state index is 6.31. The lowest BCUT2D eigenvalue weighted by Gasteiger charge is -2.28. The Bertz CT molecular complexity index is 1790. The number of nitrogens with zero attached hydrogens (tertiary/aromatic N) is 1. The average molecular weight is 496 g/mol. The van der Waals surface area contributed by atoms with Crippen molar-refractivity contribution in [2.24, 2.45) is 0 Å². The molecule has 8 rings (SSSR count). The van der Waals surface area contributed by atoms with Crippen LogP contribution in [0.4, 0.5) is 17.1 Å². The summed E-state index contributed by atoms with van der Waals surface area (Å²) in [6.07, 6.45) is 14.4. The van der Waals surface area contributed by atoms with E-state index in [4.69, 9.17) is 4.42 Å². The summed E-state index contributed by atoms with van der Waals surface area (Å²) in [5, 5.41) is 4.21. The number of thioether (sulfide) groups is 1. The van der Waals surface area contributed by atoms with Gasteiger partial charge in [-0.25, -0.2) is 0 Å². The molecule has 1 aromatic heterocycles. The number of para-hydroxylation sites is 1. The molecule has 1 aliphatic heterocycles. The molecule has 2 nitrogen and oxygen atoms in total. The van der Waals surface area contributed by atoms with Crippen molar-refractivity contribution in [3.05, 3.63) is 120 Å². The molecule has 2 heterocycles. The molecule has 0 spiro atoms. The van der Waals surface area contributed by atoms with Gasteiger partial charge in [0.05, 0.1) is 5.69 Å². The van der Waals surface area contributed by atoms with Crippen molar-refractivity contribution >= 4 is 62.2 Å². The lowest BCUT2D eigenvalue weighted by Crippen LogP contribution is -2.12. The van der Waals surface area contributed by atoms with Crippen LogP contribution in [-0.4, -0.2) is 5.25 Å². The summed E-state index contributed by atoms with van der Waals surface area (Å²) >= 11 is 2.00. The van der Waals surface area contributed by atoms with Crippen LogP contribution in [0.3, 0.4) is 0 Å². The van der Waals surface area contributed by atoms with Gasteiger partial charge in [0.1, 0.15) is 11.3 Å². The molecule has 0 radical (unpaired) electrons. The third kappa shape index (κ3) is 3.27. The zero-order valence-corrected chi connectivity index (χ0v) is 21.2. The van der Waals surface area contributed by atoms with Crippen molar-refractivity contribution in [1.29, 1.82) is 0 Å². The molecule has 37 heavy (non-hydrogen) atoms. The molecule has 0 saturated heterocycles. The predicted molar refractivity (Wildman–Crippen MR) is 157 cm³/mol. The number of allylic oxidation sites excluding steroid dienone is 4. The molecule has 0 fully saturated rings. The van der Waals surface area contributed by atoms with E-state index >= 15 is 0 Å². The largest absolute Gasteiger partial charge is 0.460 e. The molecule has 5 aromatic rings. The summed E-state index contributed by atoms with van der Waals surface area (Å²) < 4.78 is 6.31. The predicted octanol–water partition coefficient (Wildman–Crippen LogP) is 9.83. The Morgan fingerprint density at radius 2 is 1.78 bits per heavy atom. The Labute approximate surface area is 220 Å². The molecular weight excluding hydrogens is 470 g/mol. The van der Waals surface area contributed by atoms with Crippen molar-refractivity contribution in [2.75, 3.05) is 4.90 Å². The molecular formula is C34H25NOS. The van der Waals surface area contributed by atoms with Crippen LogP contribution in [0.25, 0.3) is 33.4 Å². The first-order valence-electron chi connectivity index (χ1n) is 13.0. The van der Waals surface area contributed by atoms with Crippen LogP contribution in [0, 0.1) is 0 Å². The fraction of sp³-hybridized carbons (Fsp3) is 0.118. The highest BCUT2D eigenvalue weighted by atomic mass is 32.2. The van der Waals surface area contributed by atoms with E-state index in [-0.39, 0.29) is 0 Å². The van der Waals surface area contributed by atoms with E-state index in [1.807, 2.05) is 11.8 Å². The second-order valence-corrected chi connectivity index (χ2v) is 11.2. The maximum absolute atomic E-state index is 6.31. The Morgan fingerprint density at radius 3 is 2.73 bits per heavy atom. The third-order valence-corrected chi connectivity index (χ3v) is 9.10. The Kier molecular flexibility index (Phi) is 4.74. The monoisotopic (exact) mass is 495 g/mol. The zero-order valence-electron chi connectivity index (χ0n) is 20.4. The number of furan rings is 1. The highest BCUT2D eigenvalue weighted by molar-refractivity contribution is 8.00. The number of aryl methyl sites for hydroxylation is 1. The quantitative estimate of drug-likeness (QED) is 0.248. The van der Waals surface area contributed by atoms with Crippen molar-refractivity contribution in [1.82, 2.24) is 0 Å². The topological polar surface area (TPSA) is 16.4 Å². The van der Waals surface area contributed by atoms with Crippen LogP contribution in [0.5, 0.6) is 0 Å².